The second-order valence-corrected chi connectivity index (χ2v) is 3.80. The van der Waals surface area contributed by atoms with Gasteiger partial charge in [0.05, 0.1) is 5.29 Å². The van der Waals surface area contributed by atoms with Gasteiger partial charge in [-0.15, -0.1) is 4.91 Å². The van der Waals surface area contributed by atoms with Gasteiger partial charge in [-0.05, 0) is 13.8 Å². The predicted molar refractivity (Wildman–Crippen MR) is 43.4 cm³/mol. The van der Waals surface area contributed by atoms with Crippen LogP contribution in [-0.2, 0) is 4.79 Å². The molecule has 11 heavy (non-hydrogen) atoms. The van der Waals surface area contributed by atoms with Gasteiger partial charge in [-0.25, -0.2) is 4.79 Å². The van der Waals surface area contributed by atoms with Crippen molar-refractivity contribution < 1.29 is 9.90 Å². The van der Waals surface area contributed by atoms with Crippen molar-refractivity contribution in [3.8, 4) is 0 Å². The second-order valence-electron chi connectivity index (χ2n) is 2.65. The van der Waals surface area contributed by atoms with E-state index in [0.29, 0.717) is 0 Å². The summed E-state index contributed by atoms with van der Waals surface area (Å²) in [5.41, 5.74) is 1.92. The van der Waals surface area contributed by atoms with Crippen molar-refractivity contribution in [1.29, 1.82) is 0 Å². The molecule has 0 aromatic carbocycles. The van der Waals surface area contributed by atoms with E-state index in [-0.39, 0.29) is 0 Å². The van der Waals surface area contributed by atoms with Crippen LogP contribution in [0, 0.1) is 4.91 Å². The summed E-state index contributed by atoms with van der Waals surface area (Å²) in [4.78, 5) is 20.1. The maximum Gasteiger partial charge on any atom is 0.329 e. The number of hydrogen-bond donors (Lipinski definition) is 3. The molecule has 0 bridgehead atoms. The Bertz CT molecular complexity index is 166. The summed E-state index contributed by atoms with van der Waals surface area (Å²) in [6, 6.07) is -1.07. The smallest absolute Gasteiger partial charge is 0.329 e. The van der Waals surface area contributed by atoms with Gasteiger partial charge in [0, 0.05) is 4.75 Å². The Kier molecular flexibility index (Phi) is 3.31. The average Bonchev–Trinajstić information content (AvgIpc) is 1.79. The summed E-state index contributed by atoms with van der Waals surface area (Å²) in [7, 11) is 0. The summed E-state index contributed by atoms with van der Waals surface area (Å²) in [5.74, 6) is -1.15. The fraction of sp³-hybridized carbons (Fsp3) is 0.800. The lowest BCUT2D eigenvalue weighted by Gasteiger charge is -2.23. The Labute approximate surface area is 69.5 Å². The van der Waals surface area contributed by atoms with E-state index in [9.17, 15) is 9.70 Å². The van der Waals surface area contributed by atoms with E-state index in [1.807, 2.05) is 5.43 Å². The van der Waals surface area contributed by atoms with Crippen LogP contribution in [0.5, 0.6) is 0 Å². The fourth-order valence-electron chi connectivity index (χ4n) is 0.568. The lowest BCUT2D eigenvalue weighted by molar-refractivity contribution is -0.140. The predicted octanol–water partition coefficient (Wildman–Crippen LogP) is 0.419. The van der Waals surface area contributed by atoms with E-state index in [2.05, 4.69) is 17.9 Å². The van der Waals surface area contributed by atoms with Crippen molar-refractivity contribution in [3.05, 3.63) is 4.91 Å². The number of hydrogen-bond acceptors (Lipinski definition) is 4. The van der Waals surface area contributed by atoms with Crippen molar-refractivity contribution in [3.63, 3.8) is 0 Å². The molecule has 2 N–H and O–H groups in total. The highest BCUT2D eigenvalue weighted by Crippen LogP contribution is 2.17. The van der Waals surface area contributed by atoms with Crippen LogP contribution in [0.3, 0.4) is 0 Å². The molecule has 0 aromatic heterocycles. The summed E-state index contributed by atoms with van der Waals surface area (Å²) >= 11 is 3.98. The van der Waals surface area contributed by atoms with Crippen molar-refractivity contribution in [2.45, 2.75) is 24.6 Å². The van der Waals surface area contributed by atoms with Crippen LogP contribution in [0.25, 0.3) is 0 Å². The molecular formula is C5H10N2O3S. The number of carboxylic acid groups (broad SMARTS) is 1. The number of carboxylic acids is 1. The van der Waals surface area contributed by atoms with Crippen LogP contribution in [0.4, 0.5) is 0 Å². The van der Waals surface area contributed by atoms with Gasteiger partial charge in [0.25, 0.3) is 0 Å². The minimum atomic E-state index is -1.15. The Morgan fingerprint density at radius 1 is 1.73 bits per heavy atom. The van der Waals surface area contributed by atoms with Crippen LogP contribution in [0.15, 0.2) is 5.29 Å². The molecule has 0 aliphatic carbocycles. The van der Waals surface area contributed by atoms with Gasteiger partial charge in [0.2, 0.25) is 0 Å². The van der Waals surface area contributed by atoms with E-state index in [4.69, 9.17) is 5.11 Å². The van der Waals surface area contributed by atoms with Crippen molar-refractivity contribution in [2.24, 2.45) is 5.29 Å². The van der Waals surface area contributed by atoms with Crippen LogP contribution in [0.1, 0.15) is 13.8 Å². The molecular weight excluding hydrogens is 168 g/mol. The van der Waals surface area contributed by atoms with E-state index in [1.54, 1.807) is 13.8 Å². The molecule has 0 aromatic rings. The Hall–Kier alpha value is -0.780. The third kappa shape index (κ3) is 3.22. The van der Waals surface area contributed by atoms with Gasteiger partial charge < -0.3 is 5.11 Å². The number of nitrogens with zero attached hydrogens (tertiary/aromatic N) is 1. The Balaban J connectivity index is 4.34. The van der Waals surface area contributed by atoms with Crippen molar-refractivity contribution >= 4 is 18.6 Å². The topological polar surface area (TPSA) is 78.8 Å². The monoisotopic (exact) mass is 178 g/mol. The highest BCUT2D eigenvalue weighted by Gasteiger charge is 2.32. The lowest BCUT2D eigenvalue weighted by atomic mass is 10.0. The molecule has 0 unspecified atom stereocenters. The number of thiol groups is 1. The lowest BCUT2D eigenvalue weighted by Crippen LogP contribution is -2.46. The Morgan fingerprint density at radius 2 is 2.18 bits per heavy atom. The average molecular weight is 178 g/mol. The van der Waals surface area contributed by atoms with Crippen LogP contribution in [-0.4, -0.2) is 21.9 Å². The SMILES string of the molecule is CC(C)(S)[C@@H](NN=O)C(=O)O. The molecule has 0 aliphatic heterocycles. The first-order valence-corrected chi connectivity index (χ1v) is 3.37. The third-order valence-corrected chi connectivity index (χ3v) is 1.39. The van der Waals surface area contributed by atoms with Gasteiger partial charge in [-0.2, -0.15) is 12.6 Å². The molecule has 0 amide bonds. The van der Waals surface area contributed by atoms with E-state index in [1.165, 1.54) is 0 Å². The molecule has 0 spiro atoms. The van der Waals surface area contributed by atoms with Crippen LogP contribution in [0.2, 0.25) is 0 Å². The van der Waals surface area contributed by atoms with Gasteiger partial charge in [-0.1, -0.05) is 0 Å². The number of nitroso groups, excluding NO2 is 1. The number of nitrogens with one attached hydrogen (secondary N) is 1. The Morgan fingerprint density at radius 3 is 2.27 bits per heavy atom. The first kappa shape index (κ1) is 10.2. The van der Waals surface area contributed by atoms with E-state index < -0.39 is 16.8 Å². The molecule has 0 radical (unpaired) electrons. The molecule has 6 heteroatoms. The first-order valence-electron chi connectivity index (χ1n) is 2.92. The molecule has 0 rings (SSSR count). The van der Waals surface area contributed by atoms with Crippen molar-refractivity contribution in [2.75, 3.05) is 0 Å². The summed E-state index contributed by atoms with van der Waals surface area (Å²) < 4.78 is -0.820. The molecule has 0 fully saturated rings. The minimum Gasteiger partial charge on any atom is -0.480 e. The summed E-state index contributed by atoms with van der Waals surface area (Å²) in [6.45, 7) is 3.15. The molecule has 64 valence electrons. The number of carbonyl (C=O) groups is 1. The van der Waals surface area contributed by atoms with Gasteiger partial charge in [0.15, 0.2) is 6.04 Å². The molecule has 1 atom stereocenters. The van der Waals surface area contributed by atoms with Crippen molar-refractivity contribution in [1.82, 2.24) is 5.43 Å². The zero-order valence-electron chi connectivity index (χ0n) is 6.24. The highest BCUT2D eigenvalue weighted by molar-refractivity contribution is 7.81. The zero-order valence-corrected chi connectivity index (χ0v) is 7.13. The van der Waals surface area contributed by atoms with Crippen LogP contribution < -0.4 is 5.43 Å². The summed E-state index contributed by atoms with van der Waals surface area (Å²) in [5, 5.41) is 10.8. The minimum absolute atomic E-state index is 0.820. The molecule has 0 saturated carbocycles. The largest absolute Gasteiger partial charge is 0.480 e. The van der Waals surface area contributed by atoms with Gasteiger partial charge in [-0.3, -0.25) is 5.43 Å². The highest BCUT2D eigenvalue weighted by atomic mass is 32.1. The maximum atomic E-state index is 10.4. The third-order valence-electron chi connectivity index (χ3n) is 1.14. The van der Waals surface area contributed by atoms with Crippen LogP contribution >= 0.6 is 12.6 Å². The number of rotatable bonds is 4. The van der Waals surface area contributed by atoms with E-state index >= 15 is 0 Å². The fourth-order valence-corrected chi connectivity index (χ4v) is 0.736. The molecule has 5 nitrogen and oxygen atoms in total. The zero-order chi connectivity index (χ0) is 9.07. The van der Waals surface area contributed by atoms with E-state index in [0.717, 1.165) is 0 Å². The standard InChI is InChI=1S/C5H10N2O3S/c1-5(2,11)3(4(8)9)6-7-10/h3,11H,1-2H3,(H,6,10)(H,8,9)/t3-/m0/s1. The second kappa shape index (κ2) is 3.56. The molecule has 0 heterocycles. The first-order chi connectivity index (χ1) is 4.89. The van der Waals surface area contributed by atoms with Gasteiger partial charge in [0.1, 0.15) is 0 Å². The maximum absolute atomic E-state index is 10.4. The normalized spacial score (nSPS) is 13.7. The quantitative estimate of drug-likeness (QED) is 0.331. The number of aliphatic carboxylic acids is 1. The summed E-state index contributed by atoms with van der Waals surface area (Å²) in [6.07, 6.45) is 0. The molecule has 0 aliphatic rings. The molecule has 0 saturated heterocycles. The van der Waals surface area contributed by atoms with Gasteiger partial charge >= 0.3 is 5.97 Å².